The first kappa shape index (κ1) is 16.4. The van der Waals surface area contributed by atoms with Gasteiger partial charge in [0.05, 0.1) is 0 Å². The first-order chi connectivity index (χ1) is 10.9. The Bertz CT molecular complexity index is 574. The number of carbonyl (C=O) groups is 1. The number of aromatic nitrogens is 3. The van der Waals surface area contributed by atoms with Crippen molar-refractivity contribution in [2.24, 2.45) is 5.41 Å². The summed E-state index contributed by atoms with van der Waals surface area (Å²) in [6, 6.07) is 0. The minimum Gasteiger partial charge on any atom is -0.340 e. The SMILES string of the molecule is CN1CCC[C@H](c2nnc3n2CCN(C(=O)C(C)(C)C)CC3)C1. The normalized spacial score (nSPS) is 23.5. The van der Waals surface area contributed by atoms with Gasteiger partial charge in [0.25, 0.3) is 0 Å². The van der Waals surface area contributed by atoms with E-state index in [2.05, 4.69) is 26.7 Å². The second kappa shape index (κ2) is 6.23. The fraction of sp³-hybridized carbons (Fsp3) is 0.824. The van der Waals surface area contributed by atoms with Gasteiger partial charge in [-0.15, -0.1) is 10.2 Å². The van der Waals surface area contributed by atoms with E-state index in [4.69, 9.17) is 0 Å². The summed E-state index contributed by atoms with van der Waals surface area (Å²) in [6.45, 7) is 10.5. The van der Waals surface area contributed by atoms with Gasteiger partial charge < -0.3 is 14.4 Å². The average molecular weight is 319 g/mol. The van der Waals surface area contributed by atoms with Gasteiger partial charge in [0.15, 0.2) is 0 Å². The molecule has 6 heteroatoms. The van der Waals surface area contributed by atoms with E-state index in [0.29, 0.717) is 5.92 Å². The number of piperidine rings is 1. The summed E-state index contributed by atoms with van der Waals surface area (Å²) < 4.78 is 2.28. The molecule has 0 bridgehead atoms. The molecule has 0 saturated carbocycles. The third kappa shape index (κ3) is 3.42. The third-order valence-corrected chi connectivity index (χ3v) is 4.97. The Morgan fingerprint density at radius 2 is 1.91 bits per heavy atom. The van der Waals surface area contributed by atoms with Crippen LogP contribution in [0.3, 0.4) is 0 Å². The molecule has 6 nitrogen and oxygen atoms in total. The second-order valence-corrected chi connectivity index (χ2v) is 8.02. The average Bonchev–Trinajstić information content (AvgIpc) is 2.78. The highest BCUT2D eigenvalue weighted by atomic mass is 16.2. The molecule has 1 amide bonds. The zero-order valence-electron chi connectivity index (χ0n) is 14.9. The Morgan fingerprint density at radius 3 is 2.61 bits per heavy atom. The Kier molecular flexibility index (Phi) is 4.45. The lowest BCUT2D eigenvalue weighted by molar-refractivity contribution is -0.139. The molecule has 1 saturated heterocycles. The second-order valence-electron chi connectivity index (χ2n) is 8.02. The molecular weight excluding hydrogens is 290 g/mol. The number of likely N-dealkylation sites (tertiary alicyclic amines) is 1. The summed E-state index contributed by atoms with van der Waals surface area (Å²) >= 11 is 0. The van der Waals surface area contributed by atoms with Crippen molar-refractivity contribution in [2.45, 2.75) is 52.5 Å². The maximum Gasteiger partial charge on any atom is 0.228 e. The Balaban J connectivity index is 1.75. The fourth-order valence-corrected chi connectivity index (χ4v) is 3.70. The number of fused-ring (bicyclic) bond motifs is 1. The van der Waals surface area contributed by atoms with Crippen LogP contribution in [-0.4, -0.2) is 63.7 Å². The third-order valence-electron chi connectivity index (χ3n) is 4.97. The van der Waals surface area contributed by atoms with Crippen molar-refractivity contribution in [3.63, 3.8) is 0 Å². The molecule has 1 aromatic rings. The van der Waals surface area contributed by atoms with E-state index in [9.17, 15) is 4.79 Å². The summed E-state index contributed by atoms with van der Waals surface area (Å²) in [5.41, 5.74) is -0.320. The smallest absolute Gasteiger partial charge is 0.228 e. The largest absolute Gasteiger partial charge is 0.340 e. The molecule has 23 heavy (non-hydrogen) atoms. The van der Waals surface area contributed by atoms with Crippen molar-refractivity contribution < 1.29 is 4.79 Å². The predicted octanol–water partition coefficient (Wildman–Crippen LogP) is 1.52. The highest BCUT2D eigenvalue weighted by Crippen LogP contribution is 2.27. The van der Waals surface area contributed by atoms with Crippen LogP contribution in [0.4, 0.5) is 0 Å². The van der Waals surface area contributed by atoms with E-state index in [1.54, 1.807) is 0 Å². The summed E-state index contributed by atoms with van der Waals surface area (Å²) in [5, 5.41) is 8.93. The van der Waals surface area contributed by atoms with E-state index in [0.717, 1.165) is 44.2 Å². The van der Waals surface area contributed by atoms with Crippen molar-refractivity contribution in [2.75, 3.05) is 33.2 Å². The van der Waals surface area contributed by atoms with E-state index in [1.807, 2.05) is 25.7 Å². The van der Waals surface area contributed by atoms with Crippen molar-refractivity contribution in [1.29, 1.82) is 0 Å². The molecule has 1 aromatic heterocycles. The van der Waals surface area contributed by atoms with Gasteiger partial charge in [-0.05, 0) is 26.4 Å². The summed E-state index contributed by atoms with van der Waals surface area (Å²) in [6.07, 6.45) is 3.21. The number of rotatable bonds is 1. The zero-order valence-corrected chi connectivity index (χ0v) is 14.9. The van der Waals surface area contributed by atoms with Crippen LogP contribution in [0.5, 0.6) is 0 Å². The number of carbonyl (C=O) groups excluding carboxylic acids is 1. The van der Waals surface area contributed by atoms with Crippen LogP contribution in [0.2, 0.25) is 0 Å². The van der Waals surface area contributed by atoms with Crippen LogP contribution < -0.4 is 0 Å². The van der Waals surface area contributed by atoms with Gasteiger partial charge in [0.1, 0.15) is 11.6 Å². The molecule has 1 atom stereocenters. The van der Waals surface area contributed by atoms with Crippen LogP contribution in [0.1, 0.15) is 51.2 Å². The first-order valence-corrected chi connectivity index (χ1v) is 8.76. The predicted molar refractivity (Wildman–Crippen MR) is 89.2 cm³/mol. The first-order valence-electron chi connectivity index (χ1n) is 8.76. The minimum atomic E-state index is -0.320. The molecule has 2 aliphatic rings. The summed E-state index contributed by atoms with van der Waals surface area (Å²) in [5.74, 6) is 2.86. The lowest BCUT2D eigenvalue weighted by atomic mass is 9.94. The molecule has 0 spiro atoms. The monoisotopic (exact) mass is 319 g/mol. The minimum absolute atomic E-state index is 0.232. The van der Waals surface area contributed by atoms with Crippen molar-refractivity contribution >= 4 is 5.91 Å². The van der Waals surface area contributed by atoms with Crippen LogP contribution in [0, 0.1) is 5.41 Å². The Morgan fingerprint density at radius 1 is 1.13 bits per heavy atom. The molecular formula is C17H29N5O. The van der Waals surface area contributed by atoms with Crippen LogP contribution in [-0.2, 0) is 17.8 Å². The molecule has 0 N–H and O–H groups in total. The molecule has 3 rings (SSSR count). The molecule has 0 radical (unpaired) electrons. The number of likely N-dealkylation sites (N-methyl/N-ethyl adjacent to an activating group) is 1. The van der Waals surface area contributed by atoms with Gasteiger partial charge in [-0.3, -0.25) is 4.79 Å². The standard InChI is InChI=1S/C17H29N5O/c1-17(2,3)16(23)21-9-7-14-18-19-15(22(14)11-10-21)13-6-5-8-20(4)12-13/h13H,5-12H2,1-4H3/t13-/m0/s1. The van der Waals surface area contributed by atoms with Crippen molar-refractivity contribution in [3.8, 4) is 0 Å². The maximum atomic E-state index is 12.5. The van der Waals surface area contributed by atoms with Crippen molar-refractivity contribution in [3.05, 3.63) is 11.6 Å². The molecule has 0 aromatic carbocycles. The highest BCUT2D eigenvalue weighted by Gasteiger charge is 2.31. The van der Waals surface area contributed by atoms with E-state index < -0.39 is 0 Å². The zero-order chi connectivity index (χ0) is 16.6. The maximum absolute atomic E-state index is 12.5. The summed E-state index contributed by atoms with van der Waals surface area (Å²) in [7, 11) is 2.18. The quantitative estimate of drug-likeness (QED) is 0.787. The molecule has 0 aliphatic carbocycles. The van der Waals surface area contributed by atoms with Crippen LogP contribution in [0.15, 0.2) is 0 Å². The Hall–Kier alpha value is -1.43. The van der Waals surface area contributed by atoms with Gasteiger partial charge in [0, 0.05) is 43.9 Å². The lowest BCUT2D eigenvalue weighted by Gasteiger charge is -2.30. The lowest BCUT2D eigenvalue weighted by Crippen LogP contribution is -2.41. The molecule has 1 fully saturated rings. The topological polar surface area (TPSA) is 54.3 Å². The van der Waals surface area contributed by atoms with Crippen molar-refractivity contribution in [1.82, 2.24) is 24.6 Å². The number of hydrogen-bond donors (Lipinski definition) is 0. The summed E-state index contributed by atoms with van der Waals surface area (Å²) in [4.78, 5) is 16.9. The van der Waals surface area contributed by atoms with Gasteiger partial charge in [-0.25, -0.2) is 0 Å². The van der Waals surface area contributed by atoms with Gasteiger partial charge in [0.2, 0.25) is 5.91 Å². The highest BCUT2D eigenvalue weighted by molar-refractivity contribution is 5.81. The van der Waals surface area contributed by atoms with Crippen LogP contribution in [0.25, 0.3) is 0 Å². The van der Waals surface area contributed by atoms with Gasteiger partial charge in [-0.1, -0.05) is 20.8 Å². The number of amides is 1. The number of nitrogens with zero attached hydrogens (tertiary/aromatic N) is 5. The van der Waals surface area contributed by atoms with Gasteiger partial charge >= 0.3 is 0 Å². The Labute approximate surface area is 138 Å². The van der Waals surface area contributed by atoms with Crippen LogP contribution >= 0.6 is 0 Å². The van der Waals surface area contributed by atoms with E-state index in [-0.39, 0.29) is 11.3 Å². The van der Waals surface area contributed by atoms with Gasteiger partial charge in [-0.2, -0.15) is 0 Å². The van der Waals surface area contributed by atoms with E-state index in [1.165, 1.54) is 19.4 Å². The molecule has 2 aliphatic heterocycles. The fourth-order valence-electron chi connectivity index (χ4n) is 3.70. The number of hydrogen-bond acceptors (Lipinski definition) is 4. The molecule has 0 unspecified atom stereocenters. The molecule has 3 heterocycles. The molecule has 128 valence electrons. The van der Waals surface area contributed by atoms with E-state index >= 15 is 0 Å².